The molecule has 1 rings (SSSR count). The summed E-state index contributed by atoms with van der Waals surface area (Å²) in [6, 6.07) is 0.307. The van der Waals surface area contributed by atoms with Crippen LogP contribution in [0.3, 0.4) is 0 Å². The van der Waals surface area contributed by atoms with Crippen LogP contribution in [0.15, 0.2) is 5.38 Å². The first kappa shape index (κ1) is 15.6. The molecule has 2 unspecified atom stereocenters. The highest BCUT2D eigenvalue weighted by molar-refractivity contribution is 7.09. The Morgan fingerprint density at radius 3 is 2.50 bits per heavy atom. The zero-order valence-corrected chi connectivity index (χ0v) is 13.2. The molecule has 18 heavy (non-hydrogen) atoms. The van der Waals surface area contributed by atoms with Crippen molar-refractivity contribution in [2.45, 2.75) is 53.2 Å². The molecular formula is C14H26N2OS. The molecule has 0 saturated carbocycles. The van der Waals surface area contributed by atoms with E-state index in [1.54, 1.807) is 18.4 Å². The van der Waals surface area contributed by atoms with Gasteiger partial charge in [-0.25, -0.2) is 4.98 Å². The minimum absolute atomic E-state index is 0.118. The average Bonchev–Trinajstić information content (AvgIpc) is 2.63. The van der Waals surface area contributed by atoms with Crippen LogP contribution in [0.5, 0.6) is 0 Å². The van der Waals surface area contributed by atoms with Crippen LogP contribution in [0.4, 0.5) is 0 Å². The predicted octanol–water partition coefficient (Wildman–Crippen LogP) is 3.03. The van der Waals surface area contributed by atoms with E-state index in [0.717, 1.165) is 23.7 Å². The van der Waals surface area contributed by atoms with E-state index in [4.69, 9.17) is 4.74 Å². The molecule has 0 aromatic carbocycles. The Kier molecular flexibility index (Phi) is 5.76. The number of hydrogen-bond donors (Lipinski definition) is 1. The number of hydrogen-bond acceptors (Lipinski definition) is 4. The van der Waals surface area contributed by atoms with Crippen LogP contribution in [0, 0.1) is 12.3 Å². The smallest absolute Gasteiger partial charge is 0.0897 e. The van der Waals surface area contributed by atoms with Gasteiger partial charge in [-0.2, -0.15) is 0 Å². The van der Waals surface area contributed by atoms with Gasteiger partial charge in [0.1, 0.15) is 0 Å². The van der Waals surface area contributed by atoms with E-state index in [1.807, 2.05) is 6.92 Å². The van der Waals surface area contributed by atoms with E-state index in [-0.39, 0.29) is 11.5 Å². The predicted molar refractivity (Wildman–Crippen MR) is 78.3 cm³/mol. The molecule has 0 saturated heterocycles. The maximum absolute atomic E-state index is 5.72. The third-order valence-corrected chi connectivity index (χ3v) is 3.86. The van der Waals surface area contributed by atoms with Gasteiger partial charge in [0.05, 0.1) is 16.8 Å². The molecule has 0 amide bonds. The van der Waals surface area contributed by atoms with Gasteiger partial charge in [-0.05, 0) is 18.9 Å². The second-order valence-corrected chi connectivity index (χ2v) is 6.81. The van der Waals surface area contributed by atoms with Crippen LogP contribution < -0.4 is 5.32 Å². The van der Waals surface area contributed by atoms with Crippen LogP contribution >= 0.6 is 11.3 Å². The summed E-state index contributed by atoms with van der Waals surface area (Å²) >= 11 is 1.71. The Hall–Kier alpha value is -0.450. The summed E-state index contributed by atoms with van der Waals surface area (Å²) in [6.45, 7) is 11.8. The van der Waals surface area contributed by atoms with E-state index >= 15 is 0 Å². The van der Waals surface area contributed by atoms with Gasteiger partial charge in [0.25, 0.3) is 0 Å². The summed E-state index contributed by atoms with van der Waals surface area (Å²) in [5, 5.41) is 6.82. The second-order valence-electron chi connectivity index (χ2n) is 5.75. The first-order valence-electron chi connectivity index (χ1n) is 6.55. The lowest BCUT2D eigenvalue weighted by atomic mass is 9.83. The molecule has 0 fully saturated rings. The molecule has 1 heterocycles. The zero-order valence-electron chi connectivity index (χ0n) is 12.4. The van der Waals surface area contributed by atoms with Crippen LogP contribution in [0.2, 0.25) is 0 Å². The van der Waals surface area contributed by atoms with Crippen molar-refractivity contribution in [1.29, 1.82) is 0 Å². The van der Waals surface area contributed by atoms with Gasteiger partial charge in [-0.1, -0.05) is 27.7 Å². The minimum Gasteiger partial charge on any atom is -0.379 e. The van der Waals surface area contributed by atoms with Crippen LogP contribution in [-0.4, -0.2) is 30.8 Å². The first-order chi connectivity index (χ1) is 8.38. The van der Waals surface area contributed by atoms with Gasteiger partial charge < -0.3 is 10.1 Å². The van der Waals surface area contributed by atoms with Crippen molar-refractivity contribution in [3.8, 4) is 0 Å². The number of nitrogens with zero attached hydrogens (tertiary/aromatic N) is 1. The number of aromatic nitrogens is 1. The van der Waals surface area contributed by atoms with E-state index in [0.29, 0.717) is 6.04 Å². The monoisotopic (exact) mass is 270 g/mol. The summed E-state index contributed by atoms with van der Waals surface area (Å²) in [6.07, 6.45) is 1.10. The normalized spacial score (nSPS) is 15.7. The molecular weight excluding hydrogens is 244 g/mol. The van der Waals surface area contributed by atoms with Crippen LogP contribution in [-0.2, 0) is 11.2 Å². The van der Waals surface area contributed by atoms with Crippen molar-refractivity contribution in [2.24, 2.45) is 5.41 Å². The van der Waals surface area contributed by atoms with Crippen LogP contribution in [0.1, 0.15) is 38.4 Å². The molecule has 0 aliphatic rings. The van der Waals surface area contributed by atoms with Crippen molar-refractivity contribution in [1.82, 2.24) is 10.3 Å². The third-order valence-electron chi connectivity index (χ3n) is 3.03. The van der Waals surface area contributed by atoms with Crippen molar-refractivity contribution in [3.05, 3.63) is 16.1 Å². The summed E-state index contributed by atoms with van der Waals surface area (Å²) in [7, 11) is 1.80. The fraction of sp³-hybridized carbons (Fsp3) is 0.786. The molecule has 2 atom stereocenters. The summed E-state index contributed by atoms with van der Waals surface area (Å²) in [5.41, 5.74) is 1.28. The molecule has 104 valence electrons. The van der Waals surface area contributed by atoms with Crippen LogP contribution in [0.25, 0.3) is 0 Å². The van der Waals surface area contributed by atoms with E-state index < -0.39 is 0 Å². The number of nitrogens with one attached hydrogen (secondary N) is 1. The maximum atomic E-state index is 5.72. The lowest BCUT2D eigenvalue weighted by Crippen LogP contribution is -2.49. The average molecular weight is 270 g/mol. The molecule has 0 spiro atoms. The summed E-state index contributed by atoms with van der Waals surface area (Å²) in [5.74, 6) is 0. The molecule has 0 bridgehead atoms. The maximum Gasteiger partial charge on any atom is 0.0897 e. The molecule has 3 nitrogen and oxygen atoms in total. The molecule has 0 aliphatic carbocycles. The zero-order chi connectivity index (χ0) is 13.8. The minimum atomic E-state index is 0.118. The Bertz CT molecular complexity index is 357. The topological polar surface area (TPSA) is 34.2 Å². The highest BCUT2D eigenvalue weighted by Crippen LogP contribution is 2.26. The van der Waals surface area contributed by atoms with Crippen molar-refractivity contribution in [2.75, 3.05) is 13.7 Å². The number of aryl methyl sites for hydroxylation is 1. The molecule has 4 heteroatoms. The third kappa shape index (κ3) is 4.34. The number of methoxy groups -OCH3 is 1. The number of ether oxygens (including phenoxy) is 1. The molecule has 1 aromatic heterocycles. The number of likely N-dealkylation sites (N-methyl/N-ethyl adjacent to an activating group) is 1. The lowest BCUT2D eigenvalue weighted by Gasteiger charge is -2.36. The SMILES string of the molecule is CCNC(Cc1csc(C)n1)C(OC)C(C)(C)C. The largest absolute Gasteiger partial charge is 0.379 e. The number of rotatable bonds is 6. The summed E-state index contributed by atoms with van der Waals surface area (Å²) in [4.78, 5) is 4.55. The first-order valence-corrected chi connectivity index (χ1v) is 7.43. The Morgan fingerprint density at radius 2 is 2.11 bits per heavy atom. The van der Waals surface area contributed by atoms with Crippen molar-refractivity contribution in [3.63, 3.8) is 0 Å². The second kappa shape index (κ2) is 6.64. The van der Waals surface area contributed by atoms with Crippen molar-refractivity contribution >= 4 is 11.3 Å². The fourth-order valence-corrected chi connectivity index (χ4v) is 3.02. The molecule has 1 aromatic rings. The highest BCUT2D eigenvalue weighted by atomic mass is 32.1. The molecule has 0 radical (unpaired) electrons. The van der Waals surface area contributed by atoms with Gasteiger partial charge in [-0.15, -0.1) is 11.3 Å². The van der Waals surface area contributed by atoms with Gasteiger partial charge >= 0.3 is 0 Å². The van der Waals surface area contributed by atoms with Gasteiger partial charge in [0.15, 0.2) is 0 Å². The number of thiazole rings is 1. The van der Waals surface area contributed by atoms with Gasteiger partial charge in [-0.3, -0.25) is 0 Å². The lowest BCUT2D eigenvalue weighted by molar-refractivity contribution is -0.0108. The Labute approximate surface area is 115 Å². The highest BCUT2D eigenvalue weighted by Gasteiger charge is 2.32. The quantitative estimate of drug-likeness (QED) is 0.863. The molecule has 1 N–H and O–H groups in total. The van der Waals surface area contributed by atoms with E-state index in [2.05, 4.69) is 43.4 Å². The van der Waals surface area contributed by atoms with E-state index in [9.17, 15) is 0 Å². The Balaban J connectivity index is 2.80. The van der Waals surface area contributed by atoms with Gasteiger partial charge in [0.2, 0.25) is 0 Å². The molecule has 0 aliphatic heterocycles. The fourth-order valence-electron chi connectivity index (χ4n) is 2.40. The van der Waals surface area contributed by atoms with Gasteiger partial charge in [0, 0.05) is 25.0 Å². The Morgan fingerprint density at radius 1 is 1.44 bits per heavy atom. The summed E-state index contributed by atoms with van der Waals surface area (Å²) < 4.78 is 5.72. The van der Waals surface area contributed by atoms with Crippen molar-refractivity contribution < 1.29 is 4.74 Å². The standard InChI is InChI=1S/C14H26N2OS/c1-7-15-12(13(17-6)14(3,4)5)8-11-9-18-10(2)16-11/h9,12-13,15H,7-8H2,1-6H3. The van der Waals surface area contributed by atoms with E-state index in [1.165, 1.54) is 0 Å².